The highest BCUT2D eigenvalue weighted by Gasteiger charge is 1.98. The van der Waals surface area contributed by atoms with Gasteiger partial charge in [-0.15, -0.1) is 0 Å². The molecular weight excluding hydrogens is 254 g/mol. The van der Waals surface area contributed by atoms with Gasteiger partial charge in [0.15, 0.2) is 0 Å². The molecule has 1 aromatic carbocycles. The molecule has 0 spiro atoms. The van der Waals surface area contributed by atoms with E-state index in [0.29, 0.717) is 18.0 Å². The first-order valence-corrected chi connectivity index (χ1v) is 5.89. The van der Waals surface area contributed by atoms with E-state index in [4.69, 9.17) is 16.7 Å². The second kappa shape index (κ2) is 7.50. The van der Waals surface area contributed by atoms with Gasteiger partial charge in [0, 0.05) is 24.1 Å². The van der Waals surface area contributed by atoms with Crippen LogP contribution in [0.25, 0.3) is 6.08 Å². The first-order chi connectivity index (χ1) is 8.58. The van der Waals surface area contributed by atoms with Crippen LogP contribution in [0.4, 0.5) is 0 Å². The summed E-state index contributed by atoms with van der Waals surface area (Å²) in [4.78, 5) is 21.6. The van der Waals surface area contributed by atoms with E-state index >= 15 is 0 Å². The predicted octanol–water partition coefficient (Wildman–Crippen LogP) is 2.33. The molecule has 0 saturated carbocycles. The molecule has 0 aromatic heterocycles. The third kappa shape index (κ3) is 6.06. The average molecular weight is 268 g/mol. The number of carboxylic acid groups (broad SMARTS) is 1. The van der Waals surface area contributed by atoms with E-state index in [-0.39, 0.29) is 12.3 Å². The largest absolute Gasteiger partial charge is 0.481 e. The van der Waals surface area contributed by atoms with E-state index < -0.39 is 5.97 Å². The number of halogens is 1. The Morgan fingerprint density at radius 1 is 1.39 bits per heavy atom. The summed E-state index contributed by atoms with van der Waals surface area (Å²) in [5.74, 6) is -1.11. The van der Waals surface area contributed by atoms with Crippen molar-refractivity contribution in [3.63, 3.8) is 0 Å². The molecule has 0 bridgehead atoms. The molecule has 0 aliphatic carbocycles. The Balaban J connectivity index is 2.33. The number of amides is 1. The van der Waals surface area contributed by atoms with Gasteiger partial charge in [-0.1, -0.05) is 23.7 Å². The summed E-state index contributed by atoms with van der Waals surface area (Å²) in [6.45, 7) is 0.352. The lowest BCUT2D eigenvalue weighted by molar-refractivity contribution is -0.137. The molecule has 0 radical (unpaired) electrons. The molecule has 0 fully saturated rings. The number of carboxylic acids is 1. The molecule has 5 heteroatoms. The van der Waals surface area contributed by atoms with Crippen molar-refractivity contribution in [3.8, 4) is 0 Å². The molecule has 0 atom stereocenters. The molecule has 0 saturated heterocycles. The minimum Gasteiger partial charge on any atom is -0.481 e. The van der Waals surface area contributed by atoms with Gasteiger partial charge in [-0.3, -0.25) is 9.59 Å². The van der Waals surface area contributed by atoms with Crippen LogP contribution in [0.15, 0.2) is 30.3 Å². The SMILES string of the molecule is O=C(O)CCCNC(=O)C=Cc1cccc(Cl)c1. The number of hydrogen-bond acceptors (Lipinski definition) is 2. The number of carbonyl (C=O) groups excluding carboxylic acids is 1. The third-order valence-electron chi connectivity index (χ3n) is 2.14. The molecule has 1 aromatic rings. The molecule has 4 nitrogen and oxygen atoms in total. The van der Waals surface area contributed by atoms with Crippen LogP contribution < -0.4 is 5.32 Å². The normalized spacial score (nSPS) is 10.5. The van der Waals surface area contributed by atoms with Gasteiger partial charge in [-0.25, -0.2) is 0 Å². The van der Waals surface area contributed by atoms with Crippen LogP contribution in [0.5, 0.6) is 0 Å². The quantitative estimate of drug-likeness (QED) is 0.614. The van der Waals surface area contributed by atoms with Crippen LogP contribution in [0, 0.1) is 0 Å². The minimum absolute atomic E-state index is 0.0539. The molecule has 0 unspecified atom stereocenters. The van der Waals surface area contributed by atoms with Crippen LogP contribution in [-0.2, 0) is 9.59 Å². The fourth-order valence-corrected chi connectivity index (χ4v) is 1.49. The van der Waals surface area contributed by atoms with Crippen molar-refractivity contribution in [3.05, 3.63) is 40.9 Å². The van der Waals surface area contributed by atoms with Crippen LogP contribution >= 0.6 is 11.6 Å². The second-order valence-corrected chi connectivity index (χ2v) is 4.11. The van der Waals surface area contributed by atoms with Gasteiger partial charge in [-0.2, -0.15) is 0 Å². The van der Waals surface area contributed by atoms with E-state index in [1.54, 1.807) is 24.3 Å². The van der Waals surface area contributed by atoms with E-state index in [2.05, 4.69) is 5.32 Å². The minimum atomic E-state index is -0.862. The summed E-state index contributed by atoms with van der Waals surface area (Å²) in [6.07, 6.45) is 3.52. The highest BCUT2D eigenvalue weighted by molar-refractivity contribution is 6.30. The molecule has 0 heterocycles. The predicted molar refractivity (Wildman–Crippen MR) is 70.4 cm³/mol. The third-order valence-corrected chi connectivity index (χ3v) is 2.38. The van der Waals surface area contributed by atoms with Gasteiger partial charge in [0.2, 0.25) is 5.91 Å². The molecule has 18 heavy (non-hydrogen) atoms. The lowest BCUT2D eigenvalue weighted by Crippen LogP contribution is -2.22. The standard InChI is InChI=1S/C13H14ClNO3/c14-11-4-1-3-10(9-11)6-7-12(16)15-8-2-5-13(17)18/h1,3-4,6-7,9H,2,5,8H2,(H,15,16)(H,17,18). The smallest absolute Gasteiger partial charge is 0.303 e. The van der Waals surface area contributed by atoms with Gasteiger partial charge < -0.3 is 10.4 Å². The van der Waals surface area contributed by atoms with Crippen molar-refractivity contribution < 1.29 is 14.7 Å². The van der Waals surface area contributed by atoms with Crippen molar-refractivity contribution in [2.24, 2.45) is 0 Å². The van der Waals surface area contributed by atoms with Gasteiger partial charge in [-0.05, 0) is 30.2 Å². The van der Waals surface area contributed by atoms with E-state index in [9.17, 15) is 9.59 Å². The van der Waals surface area contributed by atoms with Gasteiger partial charge in [0.25, 0.3) is 0 Å². The van der Waals surface area contributed by atoms with Crippen molar-refractivity contribution in [2.75, 3.05) is 6.54 Å². The molecule has 96 valence electrons. The molecular formula is C13H14ClNO3. The van der Waals surface area contributed by atoms with Gasteiger partial charge >= 0.3 is 5.97 Å². The summed E-state index contributed by atoms with van der Waals surface area (Å²) < 4.78 is 0. The Hall–Kier alpha value is -1.81. The monoisotopic (exact) mass is 267 g/mol. The number of aliphatic carboxylic acids is 1. The maximum absolute atomic E-state index is 11.4. The Morgan fingerprint density at radius 3 is 2.83 bits per heavy atom. The van der Waals surface area contributed by atoms with E-state index in [1.807, 2.05) is 6.07 Å². The second-order valence-electron chi connectivity index (χ2n) is 3.68. The first-order valence-electron chi connectivity index (χ1n) is 5.51. The lowest BCUT2D eigenvalue weighted by atomic mass is 10.2. The molecule has 1 amide bonds. The van der Waals surface area contributed by atoms with Crippen molar-refractivity contribution in [2.45, 2.75) is 12.8 Å². The Kier molecular flexibility index (Phi) is 5.94. The fraction of sp³-hybridized carbons (Fsp3) is 0.231. The van der Waals surface area contributed by atoms with Crippen molar-refractivity contribution in [1.29, 1.82) is 0 Å². The molecule has 1 rings (SSSR count). The highest BCUT2D eigenvalue weighted by Crippen LogP contribution is 2.11. The summed E-state index contributed by atoms with van der Waals surface area (Å²) in [7, 11) is 0. The number of benzene rings is 1. The molecule has 2 N–H and O–H groups in total. The van der Waals surface area contributed by atoms with Crippen LogP contribution in [-0.4, -0.2) is 23.5 Å². The Morgan fingerprint density at radius 2 is 2.17 bits per heavy atom. The maximum atomic E-state index is 11.4. The fourth-order valence-electron chi connectivity index (χ4n) is 1.29. The van der Waals surface area contributed by atoms with Gasteiger partial charge in [0.05, 0.1) is 0 Å². The number of hydrogen-bond donors (Lipinski definition) is 2. The van der Waals surface area contributed by atoms with Crippen LogP contribution in [0.3, 0.4) is 0 Å². The lowest BCUT2D eigenvalue weighted by Gasteiger charge is -2.00. The van der Waals surface area contributed by atoms with Crippen LogP contribution in [0.2, 0.25) is 5.02 Å². The van der Waals surface area contributed by atoms with E-state index in [1.165, 1.54) is 6.08 Å². The average Bonchev–Trinajstić information content (AvgIpc) is 2.32. The summed E-state index contributed by atoms with van der Waals surface area (Å²) in [6, 6.07) is 7.13. The molecule has 0 aliphatic rings. The van der Waals surface area contributed by atoms with Gasteiger partial charge in [0.1, 0.15) is 0 Å². The number of rotatable bonds is 6. The zero-order valence-corrected chi connectivity index (χ0v) is 10.5. The summed E-state index contributed by atoms with van der Waals surface area (Å²) in [5.41, 5.74) is 0.836. The zero-order chi connectivity index (χ0) is 13.4. The van der Waals surface area contributed by atoms with Crippen molar-refractivity contribution >= 4 is 29.6 Å². The summed E-state index contributed by atoms with van der Waals surface area (Å²) in [5, 5.41) is 11.6. The van der Waals surface area contributed by atoms with E-state index in [0.717, 1.165) is 5.56 Å². The first kappa shape index (κ1) is 14.3. The molecule has 0 aliphatic heterocycles. The summed E-state index contributed by atoms with van der Waals surface area (Å²) >= 11 is 5.80. The van der Waals surface area contributed by atoms with Crippen molar-refractivity contribution in [1.82, 2.24) is 5.32 Å². The Bertz CT molecular complexity index is 457. The topological polar surface area (TPSA) is 66.4 Å². The number of carbonyl (C=O) groups is 2. The Labute approximate surface area is 110 Å². The maximum Gasteiger partial charge on any atom is 0.303 e. The number of nitrogens with one attached hydrogen (secondary N) is 1. The van der Waals surface area contributed by atoms with Crippen LogP contribution in [0.1, 0.15) is 18.4 Å². The highest BCUT2D eigenvalue weighted by atomic mass is 35.5. The zero-order valence-electron chi connectivity index (χ0n) is 9.73.